The van der Waals surface area contributed by atoms with Crippen LogP contribution in [0.25, 0.3) is 0 Å². The highest BCUT2D eigenvalue weighted by molar-refractivity contribution is 5.78. The molecule has 2 heterocycles. The van der Waals surface area contributed by atoms with Crippen LogP contribution in [0.2, 0.25) is 0 Å². The maximum atomic E-state index is 11.7. The molecule has 106 valence electrons. The van der Waals surface area contributed by atoms with Gasteiger partial charge in [-0.3, -0.25) is 4.79 Å². The summed E-state index contributed by atoms with van der Waals surface area (Å²) in [5, 5.41) is 0. The Morgan fingerprint density at radius 3 is 2.79 bits per heavy atom. The Bertz CT molecular complexity index is 350. The van der Waals surface area contributed by atoms with Gasteiger partial charge >= 0.3 is 0 Å². The van der Waals surface area contributed by atoms with Gasteiger partial charge in [-0.05, 0) is 37.3 Å². The van der Waals surface area contributed by atoms with Gasteiger partial charge in [0.25, 0.3) is 0 Å². The Hall–Kier alpha value is -1.09. The number of ketones is 1. The quantitative estimate of drug-likeness (QED) is 0.671. The van der Waals surface area contributed by atoms with Gasteiger partial charge in [-0.1, -0.05) is 12.8 Å². The lowest BCUT2D eigenvalue weighted by atomic mass is 9.93. The predicted octanol–water partition coefficient (Wildman–Crippen LogP) is 3.77. The minimum absolute atomic E-state index is 0.364. The lowest BCUT2D eigenvalue weighted by Gasteiger charge is -2.21. The van der Waals surface area contributed by atoms with Crippen molar-refractivity contribution in [2.24, 2.45) is 5.92 Å². The molecule has 0 unspecified atom stereocenters. The maximum Gasteiger partial charge on any atom is 0.133 e. The summed E-state index contributed by atoms with van der Waals surface area (Å²) in [5.74, 6) is 2.10. The van der Waals surface area contributed by atoms with Crippen molar-refractivity contribution >= 4 is 5.78 Å². The van der Waals surface area contributed by atoms with E-state index in [-0.39, 0.29) is 0 Å². The average molecular weight is 264 g/mol. The van der Waals surface area contributed by atoms with E-state index >= 15 is 0 Å². The lowest BCUT2D eigenvalue weighted by Crippen LogP contribution is -2.15. The van der Waals surface area contributed by atoms with E-state index in [0.717, 1.165) is 44.2 Å². The third-order valence-corrected chi connectivity index (χ3v) is 3.89. The SMILES string of the molecule is O=C(CCCCC1CCOCC1)CCc1ccco1. The molecule has 0 saturated carbocycles. The summed E-state index contributed by atoms with van der Waals surface area (Å²) in [6.07, 6.45) is 9.62. The third-order valence-electron chi connectivity index (χ3n) is 3.89. The summed E-state index contributed by atoms with van der Waals surface area (Å²) in [4.78, 5) is 11.7. The molecule has 0 bridgehead atoms. The number of aryl methyl sites for hydroxylation is 1. The lowest BCUT2D eigenvalue weighted by molar-refractivity contribution is -0.119. The number of unbranched alkanes of at least 4 members (excludes halogenated alkanes) is 1. The predicted molar refractivity (Wildman–Crippen MR) is 74.0 cm³/mol. The Labute approximate surface area is 115 Å². The Morgan fingerprint density at radius 2 is 2.05 bits per heavy atom. The average Bonchev–Trinajstić information content (AvgIpc) is 2.96. The van der Waals surface area contributed by atoms with Crippen LogP contribution >= 0.6 is 0 Å². The van der Waals surface area contributed by atoms with E-state index in [1.807, 2.05) is 12.1 Å². The molecule has 1 aliphatic rings. The zero-order valence-corrected chi connectivity index (χ0v) is 11.6. The number of rotatable bonds is 8. The molecule has 0 amide bonds. The van der Waals surface area contributed by atoms with E-state index in [1.165, 1.54) is 25.7 Å². The van der Waals surface area contributed by atoms with Gasteiger partial charge in [0, 0.05) is 32.5 Å². The van der Waals surface area contributed by atoms with Gasteiger partial charge in [0.05, 0.1) is 6.26 Å². The normalized spacial score (nSPS) is 16.6. The van der Waals surface area contributed by atoms with Gasteiger partial charge in [0.15, 0.2) is 0 Å². The Morgan fingerprint density at radius 1 is 1.21 bits per heavy atom. The summed E-state index contributed by atoms with van der Waals surface area (Å²) in [7, 11) is 0. The van der Waals surface area contributed by atoms with Crippen molar-refractivity contribution in [3.05, 3.63) is 24.2 Å². The Balaban J connectivity index is 1.49. The third kappa shape index (κ3) is 5.60. The van der Waals surface area contributed by atoms with E-state index in [2.05, 4.69) is 0 Å². The summed E-state index contributed by atoms with van der Waals surface area (Å²) in [6, 6.07) is 3.80. The zero-order valence-electron chi connectivity index (χ0n) is 11.6. The molecule has 19 heavy (non-hydrogen) atoms. The van der Waals surface area contributed by atoms with Crippen molar-refractivity contribution in [3.8, 4) is 0 Å². The van der Waals surface area contributed by atoms with Crippen LogP contribution in [0.4, 0.5) is 0 Å². The molecule has 3 nitrogen and oxygen atoms in total. The highest BCUT2D eigenvalue weighted by atomic mass is 16.5. The molecule has 1 aromatic heterocycles. The molecule has 1 saturated heterocycles. The molecule has 0 spiro atoms. The minimum atomic E-state index is 0.364. The van der Waals surface area contributed by atoms with E-state index in [1.54, 1.807) is 6.26 Å². The van der Waals surface area contributed by atoms with Gasteiger partial charge < -0.3 is 9.15 Å². The number of carbonyl (C=O) groups is 1. The first-order chi connectivity index (χ1) is 9.34. The van der Waals surface area contributed by atoms with Crippen LogP contribution in [0.5, 0.6) is 0 Å². The first-order valence-corrected chi connectivity index (χ1v) is 7.46. The first kappa shape index (κ1) is 14.3. The monoisotopic (exact) mass is 264 g/mol. The topological polar surface area (TPSA) is 39.4 Å². The maximum absolute atomic E-state index is 11.7. The van der Waals surface area contributed by atoms with Crippen molar-refractivity contribution in [1.82, 2.24) is 0 Å². The minimum Gasteiger partial charge on any atom is -0.469 e. The van der Waals surface area contributed by atoms with Gasteiger partial charge in [-0.25, -0.2) is 0 Å². The number of furan rings is 1. The van der Waals surface area contributed by atoms with Crippen molar-refractivity contribution in [2.75, 3.05) is 13.2 Å². The molecule has 3 heteroatoms. The largest absolute Gasteiger partial charge is 0.469 e. The molecule has 1 aliphatic heterocycles. The highest BCUT2D eigenvalue weighted by Crippen LogP contribution is 2.21. The molecule has 1 aromatic rings. The number of carbonyl (C=O) groups excluding carboxylic acids is 1. The smallest absolute Gasteiger partial charge is 0.133 e. The summed E-state index contributed by atoms with van der Waals surface area (Å²) in [6.45, 7) is 1.85. The molecule has 0 aromatic carbocycles. The molecular formula is C16H24O3. The van der Waals surface area contributed by atoms with E-state index in [9.17, 15) is 4.79 Å². The van der Waals surface area contributed by atoms with Crippen LogP contribution in [-0.4, -0.2) is 19.0 Å². The number of ether oxygens (including phenoxy) is 1. The fourth-order valence-electron chi connectivity index (χ4n) is 2.63. The molecule has 0 atom stereocenters. The van der Waals surface area contributed by atoms with Crippen molar-refractivity contribution < 1.29 is 13.9 Å². The van der Waals surface area contributed by atoms with Gasteiger partial charge in [0.1, 0.15) is 11.5 Å². The molecule has 0 N–H and O–H groups in total. The van der Waals surface area contributed by atoms with Crippen LogP contribution < -0.4 is 0 Å². The second kappa shape index (κ2) is 8.16. The second-order valence-corrected chi connectivity index (χ2v) is 5.42. The van der Waals surface area contributed by atoms with Gasteiger partial charge in [-0.15, -0.1) is 0 Å². The van der Waals surface area contributed by atoms with Crippen LogP contribution in [0.1, 0.15) is 50.7 Å². The van der Waals surface area contributed by atoms with Crippen LogP contribution in [0.3, 0.4) is 0 Å². The molecule has 0 radical (unpaired) electrons. The number of hydrogen-bond donors (Lipinski definition) is 0. The highest BCUT2D eigenvalue weighted by Gasteiger charge is 2.13. The van der Waals surface area contributed by atoms with Gasteiger partial charge in [0.2, 0.25) is 0 Å². The van der Waals surface area contributed by atoms with Crippen LogP contribution in [0.15, 0.2) is 22.8 Å². The molecule has 0 aliphatic carbocycles. The van der Waals surface area contributed by atoms with Crippen molar-refractivity contribution in [2.45, 2.75) is 51.4 Å². The van der Waals surface area contributed by atoms with E-state index in [0.29, 0.717) is 12.2 Å². The summed E-state index contributed by atoms with van der Waals surface area (Å²) >= 11 is 0. The van der Waals surface area contributed by atoms with Gasteiger partial charge in [-0.2, -0.15) is 0 Å². The zero-order chi connectivity index (χ0) is 13.3. The Kier molecular flexibility index (Phi) is 6.15. The van der Waals surface area contributed by atoms with Crippen molar-refractivity contribution in [3.63, 3.8) is 0 Å². The molecular weight excluding hydrogens is 240 g/mol. The summed E-state index contributed by atoms with van der Waals surface area (Å²) < 4.78 is 10.6. The number of Topliss-reactive ketones (excluding diaryl/α,β-unsaturated/α-hetero) is 1. The fourth-order valence-corrected chi connectivity index (χ4v) is 2.63. The second-order valence-electron chi connectivity index (χ2n) is 5.42. The first-order valence-electron chi connectivity index (χ1n) is 7.46. The number of hydrogen-bond acceptors (Lipinski definition) is 3. The van der Waals surface area contributed by atoms with E-state index in [4.69, 9.17) is 9.15 Å². The van der Waals surface area contributed by atoms with E-state index < -0.39 is 0 Å². The van der Waals surface area contributed by atoms with Crippen LogP contribution in [-0.2, 0) is 16.0 Å². The van der Waals surface area contributed by atoms with Crippen LogP contribution in [0, 0.1) is 5.92 Å². The standard InChI is InChI=1S/C16H24O3/c17-15(7-8-16-6-3-11-19-16)5-2-1-4-14-9-12-18-13-10-14/h3,6,11,14H,1-2,4-5,7-10,12-13H2. The van der Waals surface area contributed by atoms with Crippen molar-refractivity contribution in [1.29, 1.82) is 0 Å². The molecule has 2 rings (SSSR count). The summed E-state index contributed by atoms with van der Waals surface area (Å²) in [5.41, 5.74) is 0. The fraction of sp³-hybridized carbons (Fsp3) is 0.688. The molecule has 1 fully saturated rings.